The fraction of sp³-hybridized carbons (Fsp3) is 0.421. The van der Waals surface area contributed by atoms with Gasteiger partial charge in [0.05, 0.1) is 30.0 Å². The van der Waals surface area contributed by atoms with Gasteiger partial charge in [-0.1, -0.05) is 6.07 Å². The van der Waals surface area contributed by atoms with Crippen LogP contribution in [0, 0.1) is 0 Å². The zero-order valence-electron chi connectivity index (χ0n) is 15.7. The number of aromatic nitrogens is 3. The molecule has 0 unspecified atom stereocenters. The molecule has 1 spiro atoms. The first kappa shape index (κ1) is 19.5. The van der Waals surface area contributed by atoms with Gasteiger partial charge in [-0.05, 0) is 17.5 Å². The number of alkyl halides is 3. The Labute approximate surface area is 173 Å². The molecule has 2 saturated heterocycles. The molecule has 2 fully saturated rings. The molecule has 1 amide bonds. The molecule has 0 aromatic carbocycles. The Hall–Kier alpha value is -2.50. The van der Waals surface area contributed by atoms with Gasteiger partial charge in [0.25, 0.3) is 5.91 Å². The first-order valence-corrected chi connectivity index (χ1v) is 10.3. The van der Waals surface area contributed by atoms with Crippen LogP contribution in [0.15, 0.2) is 29.8 Å². The first-order valence-electron chi connectivity index (χ1n) is 9.43. The normalized spacial score (nSPS) is 19.1. The third-order valence-corrected chi connectivity index (χ3v) is 6.28. The number of halogens is 3. The average molecular weight is 438 g/mol. The summed E-state index contributed by atoms with van der Waals surface area (Å²) in [6, 6.07) is 4.38. The van der Waals surface area contributed by atoms with Crippen molar-refractivity contribution in [3.63, 3.8) is 0 Å². The maximum Gasteiger partial charge on any atom is 0.433 e. The summed E-state index contributed by atoms with van der Waals surface area (Å²) in [5, 5.41) is 5.59. The Balaban J connectivity index is 1.52. The van der Waals surface area contributed by atoms with E-state index in [0.29, 0.717) is 48.5 Å². The molecule has 0 bridgehead atoms. The smallest absolute Gasteiger partial charge is 0.347 e. The molecule has 0 aliphatic carbocycles. The third kappa shape index (κ3) is 3.26. The van der Waals surface area contributed by atoms with Crippen LogP contribution >= 0.6 is 11.3 Å². The molecule has 11 heteroatoms. The van der Waals surface area contributed by atoms with E-state index in [2.05, 4.69) is 10.1 Å². The SMILES string of the molecule is O=C(c1cnn2c(C(F)(F)F)cc(-c3cccs3)nc12)N1CCC2(CC1)OCCO2. The fourth-order valence-electron chi connectivity index (χ4n) is 3.87. The maximum atomic E-state index is 13.7. The standard InChI is InChI=1S/C19H17F3N4O3S/c20-19(21,22)15-10-13(14-2-1-9-30-14)24-16-12(11-23-26(15)16)17(27)25-5-3-18(4-6-25)28-7-8-29-18/h1-2,9-11H,3-8H2. The molecule has 30 heavy (non-hydrogen) atoms. The molecule has 2 aliphatic rings. The highest BCUT2D eigenvalue weighted by atomic mass is 32.1. The van der Waals surface area contributed by atoms with Gasteiger partial charge in [0.2, 0.25) is 0 Å². The summed E-state index contributed by atoms with van der Waals surface area (Å²) in [5.41, 5.74) is -0.875. The summed E-state index contributed by atoms with van der Waals surface area (Å²) in [5.74, 6) is -1.05. The van der Waals surface area contributed by atoms with E-state index in [1.54, 1.807) is 22.4 Å². The zero-order chi connectivity index (χ0) is 20.9. The van der Waals surface area contributed by atoms with Crippen LogP contribution in [-0.4, -0.2) is 57.5 Å². The summed E-state index contributed by atoms with van der Waals surface area (Å²) in [7, 11) is 0. The van der Waals surface area contributed by atoms with Gasteiger partial charge < -0.3 is 14.4 Å². The monoisotopic (exact) mass is 438 g/mol. The Kier molecular flexibility index (Phi) is 4.56. The van der Waals surface area contributed by atoms with E-state index in [-0.39, 0.29) is 16.9 Å². The largest absolute Gasteiger partial charge is 0.433 e. The molecular weight excluding hydrogens is 421 g/mol. The summed E-state index contributed by atoms with van der Waals surface area (Å²) in [6.07, 6.45) is -2.46. The summed E-state index contributed by atoms with van der Waals surface area (Å²) in [6.45, 7) is 1.81. The lowest BCUT2D eigenvalue weighted by Crippen LogP contribution is -2.47. The highest BCUT2D eigenvalue weighted by molar-refractivity contribution is 7.13. The minimum atomic E-state index is -4.64. The molecule has 2 aliphatic heterocycles. The zero-order valence-corrected chi connectivity index (χ0v) is 16.5. The third-order valence-electron chi connectivity index (χ3n) is 5.39. The van der Waals surface area contributed by atoms with Crippen LogP contribution in [0.5, 0.6) is 0 Å². The van der Waals surface area contributed by atoms with E-state index in [4.69, 9.17) is 9.47 Å². The van der Waals surface area contributed by atoms with Crippen molar-refractivity contribution >= 4 is 22.9 Å². The number of fused-ring (bicyclic) bond motifs is 1. The molecule has 5 rings (SSSR count). The number of ether oxygens (including phenoxy) is 2. The van der Waals surface area contributed by atoms with Crippen LogP contribution in [0.3, 0.4) is 0 Å². The molecule has 3 aromatic rings. The number of thiophene rings is 1. The number of hydrogen-bond donors (Lipinski definition) is 0. The van der Waals surface area contributed by atoms with E-state index in [9.17, 15) is 18.0 Å². The number of hydrogen-bond acceptors (Lipinski definition) is 6. The van der Waals surface area contributed by atoms with Crippen molar-refractivity contribution in [3.8, 4) is 10.6 Å². The number of carbonyl (C=O) groups excluding carboxylic acids is 1. The Bertz CT molecular complexity index is 1080. The molecule has 3 aromatic heterocycles. The number of piperidine rings is 1. The highest BCUT2D eigenvalue weighted by Crippen LogP contribution is 2.35. The van der Waals surface area contributed by atoms with Gasteiger partial charge in [-0.2, -0.15) is 18.3 Å². The molecule has 0 N–H and O–H groups in total. The lowest BCUT2D eigenvalue weighted by Gasteiger charge is -2.37. The Morgan fingerprint density at radius 1 is 1.20 bits per heavy atom. The fourth-order valence-corrected chi connectivity index (χ4v) is 4.56. The lowest BCUT2D eigenvalue weighted by molar-refractivity contribution is -0.181. The van der Waals surface area contributed by atoms with E-state index in [1.807, 2.05) is 0 Å². The predicted octanol–water partition coefficient (Wildman–Crippen LogP) is 3.46. The summed E-state index contributed by atoms with van der Waals surface area (Å²) in [4.78, 5) is 19.6. The maximum absolute atomic E-state index is 13.7. The van der Waals surface area contributed by atoms with Gasteiger partial charge in [0, 0.05) is 25.9 Å². The predicted molar refractivity (Wildman–Crippen MR) is 101 cm³/mol. The van der Waals surface area contributed by atoms with E-state index >= 15 is 0 Å². The van der Waals surface area contributed by atoms with E-state index < -0.39 is 23.6 Å². The lowest BCUT2D eigenvalue weighted by atomic mass is 10.0. The van der Waals surface area contributed by atoms with E-state index in [0.717, 1.165) is 12.3 Å². The van der Waals surface area contributed by atoms with Crippen molar-refractivity contribution in [2.45, 2.75) is 24.8 Å². The van der Waals surface area contributed by atoms with Gasteiger partial charge in [0.15, 0.2) is 17.1 Å². The number of likely N-dealkylation sites (tertiary alicyclic amines) is 1. The number of amides is 1. The van der Waals surface area contributed by atoms with Crippen LogP contribution in [0.2, 0.25) is 0 Å². The van der Waals surface area contributed by atoms with Gasteiger partial charge in [-0.3, -0.25) is 4.79 Å². The van der Waals surface area contributed by atoms with Crippen LogP contribution in [0.1, 0.15) is 28.9 Å². The minimum absolute atomic E-state index is 0.0446. The number of rotatable bonds is 2. The Morgan fingerprint density at radius 3 is 2.57 bits per heavy atom. The second-order valence-corrected chi connectivity index (χ2v) is 8.14. The molecule has 0 saturated carbocycles. The summed E-state index contributed by atoms with van der Waals surface area (Å²) >= 11 is 1.28. The van der Waals surface area contributed by atoms with Gasteiger partial charge in [-0.25, -0.2) is 9.50 Å². The molecular formula is C19H17F3N4O3S. The molecule has 0 atom stereocenters. The van der Waals surface area contributed by atoms with Crippen molar-refractivity contribution in [1.29, 1.82) is 0 Å². The second kappa shape index (κ2) is 7.03. The van der Waals surface area contributed by atoms with E-state index in [1.165, 1.54) is 11.3 Å². The van der Waals surface area contributed by atoms with Crippen molar-refractivity contribution < 1.29 is 27.4 Å². The second-order valence-electron chi connectivity index (χ2n) is 7.20. The Morgan fingerprint density at radius 2 is 1.93 bits per heavy atom. The van der Waals surface area contributed by atoms with Gasteiger partial charge in [0.1, 0.15) is 5.56 Å². The minimum Gasteiger partial charge on any atom is -0.347 e. The van der Waals surface area contributed by atoms with Crippen LogP contribution < -0.4 is 0 Å². The van der Waals surface area contributed by atoms with Crippen LogP contribution in [-0.2, 0) is 15.7 Å². The van der Waals surface area contributed by atoms with Crippen molar-refractivity contribution in [1.82, 2.24) is 19.5 Å². The van der Waals surface area contributed by atoms with Crippen molar-refractivity contribution in [2.75, 3.05) is 26.3 Å². The van der Waals surface area contributed by atoms with Crippen LogP contribution in [0.25, 0.3) is 16.2 Å². The average Bonchev–Trinajstić information content (AvgIpc) is 3.47. The van der Waals surface area contributed by atoms with Crippen molar-refractivity contribution in [3.05, 3.63) is 41.0 Å². The first-order chi connectivity index (χ1) is 14.4. The quantitative estimate of drug-likeness (QED) is 0.613. The van der Waals surface area contributed by atoms with Gasteiger partial charge >= 0.3 is 6.18 Å². The molecule has 0 radical (unpaired) electrons. The number of nitrogens with zero attached hydrogens (tertiary/aromatic N) is 4. The van der Waals surface area contributed by atoms with Crippen LogP contribution in [0.4, 0.5) is 13.2 Å². The topological polar surface area (TPSA) is 69.0 Å². The van der Waals surface area contributed by atoms with Crippen molar-refractivity contribution in [2.24, 2.45) is 0 Å². The summed E-state index contributed by atoms with van der Waals surface area (Å²) < 4.78 is 53.0. The molecule has 158 valence electrons. The molecule has 5 heterocycles. The van der Waals surface area contributed by atoms with Gasteiger partial charge in [-0.15, -0.1) is 11.3 Å². The number of carbonyl (C=O) groups is 1. The highest BCUT2D eigenvalue weighted by Gasteiger charge is 2.42. The molecule has 7 nitrogen and oxygen atoms in total.